The van der Waals surface area contributed by atoms with Crippen molar-refractivity contribution in [2.24, 2.45) is 0 Å². The summed E-state index contributed by atoms with van der Waals surface area (Å²) in [6.45, 7) is 2.64. The number of aromatic nitrogens is 1. The maximum Gasteiger partial charge on any atom is 0.0784 e. The molecule has 0 spiro atoms. The smallest absolute Gasteiger partial charge is 0.0784 e. The zero-order chi connectivity index (χ0) is 10.8. The second kappa shape index (κ2) is 4.21. The molecule has 0 amide bonds. The Balaban J connectivity index is 2.50. The molecule has 1 aliphatic rings. The molecule has 4 heteroatoms. The topological polar surface area (TPSA) is 45.2 Å². The van der Waals surface area contributed by atoms with Crippen LogP contribution < -0.4 is 5.32 Å². The summed E-state index contributed by atoms with van der Waals surface area (Å²) in [5, 5.41) is 13.4. The van der Waals surface area contributed by atoms with E-state index in [1.165, 1.54) is 0 Å². The SMILES string of the molecule is CC(O)c1c(Cl)cncc1C1=CCCN1. The number of nitrogens with zero attached hydrogens (tertiary/aromatic N) is 1. The van der Waals surface area contributed by atoms with Gasteiger partial charge >= 0.3 is 0 Å². The van der Waals surface area contributed by atoms with E-state index in [0.717, 1.165) is 29.8 Å². The van der Waals surface area contributed by atoms with Crippen molar-refractivity contribution in [1.29, 1.82) is 0 Å². The number of rotatable bonds is 2. The van der Waals surface area contributed by atoms with E-state index < -0.39 is 6.10 Å². The summed E-state index contributed by atoms with van der Waals surface area (Å²) in [4.78, 5) is 4.05. The maximum atomic E-state index is 9.68. The molecule has 0 fully saturated rings. The lowest BCUT2D eigenvalue weighted by Crippen LogP contribution is -2.10. The number of halogens is 1. The van der Waals surface area contributed by atoms with Crippen molar-refractivity contribution in [3.8, 4) is 0 Å². The van der Waals surface area contributed by atoms with Gasteiger partial charge in [-0.1, -0.05) is 17.7 Å². The molecule has 1 aliphatic heterocycles. The zero-order valence-electron chi connectivity index (χ0n) is 8.50. The third kappa shape index (κ3) is 1.98. The van der Waals surface area contributed by atoms with Crippen LogP contribution in [0.15, 0.2) is 18.5 Å². The highest BCUT2D eigenvalue weighted by molar-refractivity contribution is 6.31. The predicted octanol–water partition coefficient (Wildman–Crippen LogP) is 2.12. The van der Waals surface area contributed by atoms with Crippen LogP contribution in [0.2, 0.25) is 5.02 Å². The van der Waals surface area contributed by atoms with Crippen molar-refractivity contribution in [3.63, 3.8) is 0 Å². The minimum atomic E-state index is -0.584. The van der Waals surface area contributed by atoms with E-state index in [2.05, 4.69) is 16.4 Å². The molecule has 0 bridgehead atoms. The van der Waals surface area contributed by atoms with Gasteiger partial charge in [0.15, 0.2) is 0 Å². The van der Waals surface area contributed by atoms with Crippen LogP contribution in [0.1, 0.15) is 30.6 Å². The first-order valence-corrected chi connectivity index (χ1v) is 5.34. The molecule has 15 heavy (non-hydrogen) atoms. The number of pyridine rings is 1. The van der Waals surface area contributed by atoms with Crippen LogP contribution in [-0.4, -0.2) is 16.6 Å². The molecule has 2 rings (SSSR count). The summed E-state index contributed by atoms with van der Waals surface area (Å²) in [6, 6.07) is 0. The molecule has 0 saturated heterocycles. The van der Waals surface area contributed by atoms with Crippen molar-refractivity contribution in [3.05, 3.63) is 34.6 Å². The van der Waals surface area contributed by atoms with E-state index in [1.807, 2.05) is 0 Å². The second-order valence-corrected chi connectivity index (χ2v) is 4.00. The summed E-state index contributed by atoms with van der Waals surface area (Å²) < 4.78 is 0. The van der Waals surface area contributed by atoms with Crippen LogP contribution in [0.3, 0.4) is 0 Å². The van der Waals surface area contributed by atoms with Crippen LogP contribution in [0, 0.1) is 0 Å². The van der Waals surface area contributed by atoms with Gasteiger partial charge in [-0.25, -0.2) is 0 Å². The van der Waals surface area contributed by atoms with Crippen LogP contribution in [0.25, 0.3) is 5.70 Å². The first kappa shape index (κ1) is 10.5. The van der Waals surface area contributed by atoms with Crippen LogP contribution in [0.4, 0.5) is 0 Å². The highest BCUT2D eigenvalue weighted by Gasteiger charge is 2.17. The van der Waals surface area contributed by atoms with Gasteiger partial charge in [-0.3, -0.25) is 4.98 Å². The van der Waals surface area contributed by atoms with Crippen molar-refractivity contribution in [2.75, 3.05) is 6.54 Å². The van der Waals surface area contributed by atoms with E-state index in [-0.39, 0.29) is 0 Å². The van der Waals surface area contributed by atoms with Gasteiger partial charge in [0.2, 0.25) is 0 Å². The lowest BCUT2D eigenvalue weighted by molar-refractivity contribution is 0.199. The number of nitrogens with one attached hydrogen (secondary N) is 1. The van der Waals surface area contributed by atoms with Crippen molar-refractivity contribution in [1.82, 2.24) is 10.3 Å². The highest BCUT2D eigenvalue weighted by atomic mass is 35.5. The number of hydrogen-bond acceptors (Lipinski definition) is 3. The van der Waals surface area contributed by atoms with Gasteiger partial charge in [-0.15, -0.1) is 0 Å². The van der Waals surface area contributed by atoms with Crippen molar-refractivity contribution < 1.29 is 5.11 Å². The molecular weight excluding hydrogens is 212 g/mol. The number of aliphatic hydroxyl groups excluding tert-OH is 1. The van der Waals surface area contributed by atoms with E-state index in [9.17, 15) is 5.11 Å². The molecule has 2 N–H and O–H groups in total. The average molecular weight is 225 g/mol. The third-order valence-corrected chi connectivity index (χ3v) is 2.76. The Morgan fingerprint density at radius 3 is 2.93 bits per heavy atom. The molecule has 3 nitrogen and oxygen atoms in total. The van der Waals surface area contributed by atoms with Crippen molar-refractivity contribution in [2.45, 2.75) is 19.4 Å². The quantitative estimate of drug-likeness (QED) is 0.809. The molecule has 1 atom stereocenters. The largest absolute Gasteiger partial charge is 0.389 e. The third-order valence-electron chi connectivity index (χ3n) is 2.46. The van der Waals surface area contributed by atoms with E-state index >= 15 is 0 Å². The Labute approximate surface area is 93.8 Å². The second-order valence-electron chi connectivity index (χ2n) is 3.59. The Hall–Kier alpha value is -1.06. The predicted molar refractivity (Wildman–Crippen MR) is 60.5 cm³/mol. The van der Waals surface area contributed by atoms with Gasteiger partial charge in [0.25, 0.3) is 0 Å². The lowest BCUT2D eigenvalue weighted by atomic mass is 10.0. The molecule has 0 aliphatic carbocycles. The Kier molecular flexibility index (Phi) is 2.93. The average Bonchev–Trinajstić information content (AvgIpc) is 2.69. The van der Waals surface area contributed by atoms with Crippen LogP contribution in [0.5, 0.6) is 0 Å². The fraction of sp³-hybridized carbons (Fsp3) is 0.364. The maximum absolute atomic E-state index is 9.68. The van der Waals surface area contributed by atoms with Crippen molar-refractivity contribution >= 4 is 17.3 Å². The fourth-order valence-corrected chi connectivity index (χ4v) is 2.10. The lowest BCUT2D eigenvalue weighted by Gasteiger charge is -2.14. The molecule has 0 radical (unpaired) electrons. The molecular formula is C11H13ClN2O. The molecule has 1 aromatic rings. The highest BCUT2D eigenvalue weighted by Crippen LogP contribution is 2.30. The summed E-state index contributed by atoms with van der Waals surface area (Å²) in [7, 11) is 0. The van der Waals surface area contributed by atoms with Crippen LogP contribution >= 0.6 is 11.6 Å². The summed E-state index contributed by atoms with van der Waals surface area (Å²) in [5.74, 6) is 0. The fourth-order valence-electron chi connectivity index (χ4n) is 1.78. The molecule has 1 unspecified atom stereocenters. The molecule has 0 aromatic carbocycles. The monoisotopic (exact) mass is 224 g/mol. The summed E-state index contributed by atoms with van der Waals surface area (Å²) in [6.07, 6.45) is 5.81. The standard InChI is InChI=1S/C11H13ClN2O/c1-7(15)11-8(5-13-6-9(11)12)10-3-2-4-14-10/h3,5-7,14-15H,2,4H2,1H3. The van der Waals surface area contributed by atoms with Gasteiger partial charge in [0.05, 0.1) is 11.1 Å². The zero-order valence-corrected chi connectivity index (χ0v) is 9.25. The number of aliphatic hydroxyl groups is 1. The van der Waals surface area contributed by atoms with Crippen LogP contribution in [-0.2, 0) is 0 Å². The van der Waals surface area contributed by atoms with E-state index in [1.54, 1.807) is 19.3 Å². The van der Waals surface area contributed by atoms with Gasteiger partial charge < -0.3 is 10.4 Å². The van der Waals surface area contributed by atoms with Gasteiger partial charge in [0, 0.05) is 35.8 Å². The molecule has 2 heterocycles. The Morgan fingerprint density at radius 2 is 2.33 bits per heavy atom. The minimum absolute atomic E-state index is 0.511. The van der Waals surface area contributed by atoms with Gasteiger partial charge in [-0.05, 0) is 13.3 Å². The Bertz CT molecular complexity index is 402. The summed E-state index contributed by atoms with van der Waals surface area (Å²) in [5.41, 5.74) is 2.66. The molecule has 1 aromatic heterocycles. The molecule has 0 saturated carbocycles. The first-order valence-electron chi connectivity index (χ1n) is 4.96. The van der Waals surface area contributed by atoms with Gasteiger partial charge in [0.1, 0.15) is 0 Å². The van der Waals surface area contributed by atoms with Gasteiger partial charge in [-0.2, -0.15) is 0 Å². The molecule has 80 valence electrons. The minimum Gasteiger partial charge on any atom is -0.389 e. The van der Waals surface area contributed by atoms with E-state index in [4.69, 9.17) is 11.6 Å². The number of hydrogen-bond donors (Lipinski definition) is 2. The first-order chi connectivity index (χ1) is 7.20. The Morgan fingerprint density at radius 1 is 1.53 bits per heavy atom. The van der Waals surface area contributed by atoms with E-state index in [0.29, 0.717) is 5.02 Å². The summed E-state index contributed by atoms with van der Waals surface area (Å²) >= 11 is 6.03. The normalized spacial score (nSPS) is 17.1.